The normalized spacial score (nSPS) is 16.3. The maximum Gasteiger partial charge on any atom is 0.227 e. The number of nitrogens with one attached hydrogen (secondary N) is 3. The number of hydrogen-bond donors (Lipinski definition) is 6. The van der Waals surface area contributed by atoms with Crippen molar-refractivity contribution in [2.75, 3.05) is 47.0 Å². The Morgan fingerprint density at radius 3 is 2.18 bits per heavy atom. The van der Waals surface area contributed by atoms with E-state index in [2.05, 4.69) is 40.9 Å². The molecular weight excluding hydrogens is 870 g/mol. The number of piperidine rings is 2. The third kappa shape index (κ3) is 12.2. The van der Waals surface area contributed by atoms with Crippen LogP contribution < -0.4 is 20.9 Å². The van der Waals surface area contributed by atoms with E-state index in [1.807, 2.05) is 38.1 Å². The molecule has 7 rings (SSSR count). The molecule has 7 N–H and O–H groups in total. The number of hydrogen-bond acceptors (Lipinski definition) is 12. The summed E-state index contributed by atoms with van der Waals surface area (Å²) in [6.07, 6.45) is 13.6. The second-order valence-electron chi connectivity index (χ2n) is 18.6. The first-order valence-electron chi connectivity index (χ1n) is 23.5. The number of nitrogens with zero attached hydrogens (tertiary/aromatic N) is 5. The van der Waals surface area contributed by atoms with Gasteiger partial charge >= 0.3 is 0 Å². The van der Waals surface area contributed by atoms with Crippen LogP contribution in [0.25, 0.3) is 0 Å². The van der Waals surface area contributed by atoms with Crippen molar-refractivity contribution in [2.24, 2.45) is 17.3 Å². The van der Waals surface area contributed by atoms with Crippen molar-refractivity contribution < 1.29 is 19.8 Å². The molecule has 3 aliphatic rings. The number of anilines is 4. The quantitative estimate of drug-likeness (QED) is 0.0551. The molecule has 4 aromatic rings. The highest BCUT2D eigenvalue weighted by atomic mass is 35.5. The number of nitrogens with two attached hydrogens (primary N) is 1. The van der Waals surface area contributed by atoms with Crippen LogP contribution in [0.4, 0.5) is 23.0 Å². The number of nitrogen functional groups attached to an aromatic ring is 1. The Morgan fingerprint density at radius 1 is 0.955 bits per heavy atom. The predicted molar refractivity (Wildman–Crippen MR) is 269 cm³/mol. The van der Waals surface area contributed by atoms with E-state index >= 15 is 0 Å². The van der Waals surface area contributed by atoms with E-state index in [0.29, 0.717) is 70.7 Å². The maximum atomic E-state index is 13.5. The van der Waals surface area contributed by atoms with Gasteiger partial charge in [-0.25, -0.2) is 9.97 Å². The summed E-state index contributed by atoms with van der Waals surface area (Å²) in [5, 5.41) is 42.5. The standard InChI is InChI=1S/C45H54ClN9O4S.C6H14/c1-27(2)32-23-33(36(58)24-35(32)57)42(49)55(41(48)28(3)56)31-11-9-29(10-12-31)26-53-19-13-30(14-20-53)43(59)51-34-7-6-8-37(39(34)46)60-44-40(47)52-38(25-50-44)54-21-17-45(18-22-54)15-4-5-16-45;1-4-6(3)5-2/h6-12,23-25,27,30,48-49,57-58H,4-5,13-22,26H2,1-3H3,(H2,47,52)(H,51,59);6H,4-5H2,1-3H3. The number of benzene rings is 3. The lowest BCUT2D eigenvalue weighted by molar-refractivity contribution is -0.121. The first-order chi connectivity index (χ1) is 31.5. The van der Waals surface area contributed by atoms with Crippen LogP contribution in [0, 0.1) is 28.1 Å². The Bertz CT molecular complexity index is 2350. The van der Waals surface area contributed by atoms with Crippen molar-refractivity contribution in [1.29, 1.82) is 10.8 Å². The average molecular weight is 939 g/mol. The van der Waals surface area contributed by atoms with Gasteiger partial charge in [-0.15, -0.1) is 0 Å². The molecule has 2 saturated heterocycles. The first kappa shape index (κ1) is 50.2. The Kier molecular flexibility index (Phi) is 17.2. The van der Waals surface area contributed by atoms with Gasteiger partial charge in [0.25, 0.3) is 0 Å². The number of halogens is 1. The molecule has 1 aliphatic carbocycles. The summed E-state index contributed by atoms with van der Waals surface area (Å²) >= 11 is 8.19. The molecule has 66 heavy (non-hydrogen) atoms. The Morgan fingerprint density at radius 2 is 1.61 bits per heavy atom. The van der Waals surface area contributed by atoms with Crippen LogP contribution in [0.3, 0.4) is 0 Å². The van der Waals surface area contributed by atoms with Crippen LogP contribution in [0.5, 0.6) is 11.5 Å². The molecule has 3 aromatic carbocycles. The number of aromatic nitrogens is 2. The summed E-state index contributed by atoms with van der Waals surface area (Å²) in [4.78, 5) is 41.7. The van der Waals surface area contributed by atoms with Gasteiger partial charge in [-0.2, -0.15) is 0 Å². The topological polar surface area (TPSA) is 196 Å². The van der Waals surface area contributed by atoms with Gasteiger partial charge in [-0.1, -0.05) is 102 Å². The van der Waals surface area contributed by atoms with Gasteiger partial charge in [0, 0.05) is 49.1 Å². The summed E-state index contributed by atoms with van der Waals surface area (Å²) < 4.78 is 0. The summed E-state index contributed by atoms with van der Waals surface area (Å²) in [6, 6.07) is 15.5. The number of rotatable bonds is 13. The number of Topliss-reactive ketones (excluding diaryl/α,β-unsaturated/α-hetero) is 1. The minimum absolute atomic E-state index is 0.0803. The molecule has 3 heterocycles. The van der Waals surface area contributed by atoms with Crippen molar-refractivity contribution in [1.82, 2.24) is 14.9 Å². The molecule has 2 aliphatic heterocycles. The molecular formula is C51H68ClN9O4S. The van der Waals surface area contributed by atoms with E-state index in [1.54, 1.807) is 24.4 Å². The first-order valence-corrected chi connectivity index (χ1v) is 24.7. The molecule has 0 radical (unpaired) electrons. The van der Waals surface area contributed by atoms with Crippen LogP contribution in [0.15, 0.2) is 70.7 Å². The second-order valence-corrected chi connectivity index (χ2v) is 20.0. The van der Waals surface area contributed by atoms with Crippen LogP contribution in [-0.2, 0) is 16.1 Å². The van der Waals surface area contributed by atoms with Crippen LogP contribution in [-0.4, -0.2) is 74.6 Å². The minimum atomic E-state index is -0.544. The summed E-state index contributed by atoms with van der Waals surface area (Å²) in [6.45, 7) is 15.8. The molecule has 0 atom stereocenters. The molecule has 3 fully saturated rings. The minimum Gasteiger partial charge on any atom is -0.508 e. The van der Waals surface area contributed by atoms with Gasteiger partial charge in [0.05, 0.1) is 22.5 Å². The maximum absolute atomic E-state index is 13.5. The summed E-state index contributed by atoms with van der Waals surface area (Å²) in [5.41, 5.74) is 9.51. The van der Waals surface area contributed by atoms with Gasteiger partial charge in [0.2, 0.25) is 5.91 Å². The van der Waals surface area contributed by atoms with Crippen LogP contribution in [0.2, 0.25) is 5.02 Å². The zero-order valence-electron chi connectivity index (χ0n) is 39.4. The molecule has 354 valence electrons. The molecule has 15 heteroatoms. The van der Waals surface area contributed by atoms with Gasteiger partial charge in [0.15, 0.2) is 17.4 Å². The highest BCUT2D eigenvalue weighted by Gasteiger charge is 2.37. The smallest absolute Gasteiger partial charge is 0.227 e. The highest BCUT2D eigenvalue weighted by molar-refractivity contribution is 7.99. The fourth-order valence-electron chi connectivity index (χ4n) is 9.02. The van der Waals surface area contributed by atoms with Gasteiger partial charge < -0.3 is 26.2 Å². The molecule has 0 bridgehead atoms. The van der Waals surface area contributed by atoms with E-state index in [0.717, 1.165) is 35.3 Å². The average Bonchev–Trinajstić information content (AvgIpc) is 3.76. The van der Waals surface area contributed by atoms with Crippen LogP contribution in [0.1, 0.15) is 128 Å². The number of amidine groups is 2. The summed E-state index contributed by atoms with van der Waals surface area (Å²) in [7, 11) is 0. The molecule has 13 nitrogen and oxygen atoms in total. The van der Waals surface area contributed by atoms with E-state index in [4.69, 9.17) is 33.1 Å². The third-order valence-electron chi connectivity index (χ3n) is 13.7. The molecule has 1 saturated carbocycles. The van der Waals surface area contributed by atoms with Crippen molar-refractivity contribution in [2.45, 2.75) is 128 Å². The lowest BCUT2D eigenvalue weighted by Gasteiger charge is -2.39. The number of carbonyl (C=O) groups is 2. The second kappa shape index (κ2) is 22.5. The lowest BCUT2D eigenvalue weighted by Crippen LogP contribution is -2.40. The lowest BCUT2D eigenvalue weighted by atomic mass is 9.77. The number of carbonyl (C=O) groups excluding carboxylic acids is 2. The largest absolute Gasteiger partial charge is 0.508 e. The number of phenolic OH excluding ortho intramolecular Hbond substituents is 2. The Balaban J connectivity index is 0.00000112. The molecule has 1 aromatic heterocycles. The van der Waals surface area contributed by atoms with Gasteiger partial charge in [0.1, 0.15) is 28.2 Å². The fourth-order valence-corrected chi connectivity index (χ4v) is 10.1. The van der Waals surface area contributed by atoms with Crippen LogP contribution >= 0.6 is 23.4 Å². The van der Waals surface area contributed by atoms with Gasteiger partial charge in [-0.05, 0) is 110 Å². The van der Waals surface area contributed by atoms with Gasteiger partial charge in [-0.3, -0.25) is 30.2 Å². The van der Waals surface area contributed by atoms with E-state index in [-0.39, 0.29) is 40.6 Å². The predicted octanol–water partition coefficient (Wildman–Crippen LogP) is 11.3. The van der Waals surface area contributed by atoms with Crippen molar-refractivity contribution in [3.8, 4) is 11.5 Å². The van der Waals surface area contributed by atoms with Crippen molar-refractivity contribution in [3.05, 3.63) is 82.5 Å². The molecule has 1 amide bonds. The Hall–Kier alpha value is -5.18. The zero-order chi connectivity index (χ0) is 47.7. The monoisotopic (exact) mass is 937 g/mol. The third-order valence-corrected chi connectivity index (χ3v) is 15.3. The number of likely N-dealkylation sites (tertiary alicyclic amines) is 1. The zero-order valence-corrected chi connectivity index (χ0v) is 41.0. The number of amides is 1. The number of phenols is 2. The van der Waals surface area contributed by atoms with Crippen molar-refractivity contribution in [3.63, 3.8) is 0 Å². The molecule has 0 unspecified atom stereocenters. The molecule has 1 spiro atoms. The number of ketones is 1. The van der Waals surface area contributed by atoms with E-state index in [9.17, 15) is 19.8 Å². The SMILES string of the molecule is CC(=O)C(=N)N(C(=N)c1cc(C(C)C)c(O)cc1O)c1ccc(CN2CCC(C(=O)Nc3cccc(Sc4ncc(N5CCC6(CCCC6)CC5)nc4N)c3Cl)CC2)cc1.CCC(C)CC. The highest BCUT2D eigenvalue weighted by Crippen LogP contribution is 2.47. The fraction of sp³-hybridized carbons (Fsp3) is 0.490. The number of aromatic hydroxyl groups is 2. The van der Waals surface area contributed by atoms with E-state index in [1.165, 1.54) is 87.1 Å². The van der Waals surface area contributed by atoms with E-state index < -0.39 is 11.6 Å². The summed E-state index contributed by atoms with van der Waals surface area (Å²) in [5.74, 6) is 0.102. The van der Waals surface area contributed by atoms with Crippen molar-refractivity contribution >= 4 is 69.7 Å². The Labute approximate surface area is 399 Å².